The number of rotatable bonds is 4. The topological polar surface area (TPSA) is 52.6 Å². The molecule has 0 aromatic carbocycles. The van der Waals surface area contributed by atoms with Crippen LogP contribution in [0.1, 0.15) is 13.8 Å². The minimum atomic E-state index is -0.639. The highest BCUT2D eigenvalue weighted by Gasteiger charge is 2.29. The van der Waals surface area contributed by atoms with Crippen LogP contribution in [0, 0.1) is 5.92 Å². The second-order valence-electron chi connectivity index (χ2n) is 2.47. The highest BCUT2D eigenvalue weighted by Crippen LogP contribution is 2.15. The van der Waals surface area contributed by atoms with Gasteiger partial charge in [0.05, 0.1) is 19.6 Å². The molecular weight excluding hydrogens is 240 g/mol. The van der Waals surface area contributed by atoms with Gasteiger partial charge in [0.2, 0.25) is 0 Å². The molecule has 0 fully saturated rings. The van der Waals surface area contributed by atoms with E-state index in [-0.39, 0.29) is 0 Å². The third-order valence-corrected chi connectivity index (χ3v) is 2.69. The van der Waals surface area contributed by atoms with Gasteiger partial charge in [0.15, 0.2) is 0 Å². The van der Waals surface area contributed by atoms with Gasteiger partial charge in [-0.05, 0) is 6.92 Å². The maximum atomic E-state index is 11.1. The van der Waals surface area contributed by atoms with Crippen molar-refractivity contribution in [2.75, 3.05) is 13.7 Å². The van der Waals surface area contributed by atoms with Crippen LogP contribution >= 0.6 is 15.9 Å². The number of alkyl halides is 1. The Labute approximate surface area is 85.7 Å². The van der Waals surface area contributed by atoms with Crippen LogP contribution in [0.15, 0.2) is 0 Å². The third-order valence-electron chi connectivity index (χ3n) is 1.52. The first-order valence-electron chi connectivity index (χ1n) is 3.93. The molecule has 2 atom stereocenters. The minimum Gasteiger partial charge on any atom is -0.469 e. The standard InChI is InChI=1S/C8H13BrO4/c1-4-13-8(11)6(9)5(2)7(10)12-3/h5-6H,4H2,1-3H3/t5-,6+/m1/s1. The van der Waals surface area contributed by atoms with E-state index in [9.17, 15) is 9.59 Å². The van der Waals surface area contributed by atoms with Crippen LogP contribution in [-0.2, 0) is 19.1 Å². The summed E-state index contributed by atoms with van der Waals surface area (Å²) >= 11 is 3.08. The number of halogens is 1. The van der Waals surface area contributed by atoms with Crippen LogP contribution in [0.3, 0.4) is 0 Å². The summed E-state index contributed by atoms with van der Waals surface area (Å²) in [4.78, 5) is 21.5. The van der Waals surface area contributed by atoms with Gasteiger partial charge in [0.1, 0.15) is 4.83 Å². The average Bonchev–Trinajstić information content (AvgIpc) is 2.14. The van der Waals surface area contributed by atoms with Gasteiger partial charge >= 0.3 is 11.9 Å². The van der Waals surface area contributed by atoms with Gasteiger partial charge in [-0.3, -0.25) is 9.59 Å². The highest BCUT2D eigenvalue weighted by molar-refractivity contribution is 9.10. The Morgan fingerprint density at radius 2 is 1.92 bits per heavy atom. The zero-order valence-corrected chi connectivity index (χ0v) is 9.46. The molecule has 0 N–H and O–H groups in total. The number of ether oxygens (including phenoxy) is 2. The van der Waals surface area contributed by atoms with Gasteiger partial charge < -0.3 is 9.47 Å². The quantitative estimate of drug-likeness (QED) is 0.556. The van der Waals surface area contributed by atoms with Gasteiger partial charge in [-0.2, -0.15) is 0 Å². The minimum absolute atomic E-state index is 0.300. The Morgan fingerprint density at radius 1 is 1.38 bits per heavy atom. The molecule has 0 heterocycles. The molecule has 0 saturated heterocycles. The summed E-state index contributed by atoms with van der Waals surface area (Å²) in [6.45, 7) is 3.61. The fourth-order valence-corrected chi connectivity index (χ4v) is 1.08. The predicted octanol–water partition coefficient (Wildman–Crippen LogP) is 1.12. The van der Waals surface area contributed by atoms with Crippen molar-refractivity contribution in [2.45, 2.75) is 18.7 Å². The van der Waals surface area contributed by atoms with Crippen molar-refractivity contribution >= 4 is 27.9 Å². The molecule has 0 saturated carbocycles. The van der Waals surface area contributed by atoms with Gasteiger partial charge in [-0.15, -0.1) is 0 Å². The van der Waals surface area contributed by atoms with E-state index in [1.807, 2.05) is 0 Å². The summed E-state index contributed by atoms with van der Waals surface area (Å²) in [6.07, 6.45) is 0. The first kappa shape index (κ1) is 12.4. The van der Waals surface area contributed by atoms with Crippen molar-refractivity contribution in [3.05, 3.63) is 0 Å². The van der Waals surface area contributed by atoms with E-state index in [0.29, 0.717) is 6.61 Å². The van der Waals surface area contributed by atoms with Crippen LogP contribution in [-0.4, -0.2) is 30.5 Å². The van der Waals surface area contributed by atoms with Gasteiger partial charge in [-0.25, -0.2) is 0 Å². The maximum absolute atomic E-state index is 11.1. The van der Waals surface area contributed by atoms with E-state index in [2.05, 4.69) is 20.7 Å². The number of carbonyl (C=O) groups is 2. The molecule has 0 amide bonds. The Morgan fingerprint density at radius 3 is 2.31 bits per heavy atom. The molecule has 0 aliphatic carbocycles. The fourth-order valence-electron chi connectivity index (χ4n) is 0.731. The molecule has 13 heavy (non-hydrogen) atoms. The van der Waals surface area contributed by atoms with Crippen LogP contribution in [0.2, 0.25) is 0 Å². The van der Waals surface area contributed by atoms with Crippen molar-refractivity contribution in [2.24, 2.45) is 5.92 Å². The highest BCUT2D eigenvalue weighted by atomic mass is 79.9. The van der Waals surface area contributed by atoms with E-state index in [0.717, 1.165) is 0 Å². The number of methoxy groups -OCH3 is 1. The second kappa shape index (κ2) is 5.96. The van der Waals surface area contributed by atoms with Crippen molar-refractivity contribution < 1.29 is 19.1 Å². The van der Waals surface area contributed by atoms with E-state index < -0.39 is 22.7 Å². The summed E-state index contributed by atoms with van der Waals surface area (Å²) in [5.74, 6) is -1.42. The van der Waals surface area contributed by atoms with Crippen LogP contribution in [0.4, 0.5) is 0 Å². The van der Waals surface area contributed by atoms with E-state index in [1.165, 1.54) is 7.11 Å². The monoisotopic (exact) mass is 252 g/mol. The molecule has 5 heteroatoms. The molecule has 0 aliphatic rings. The Hall–Kier alpha value is -0.580. The number of carbonyl (C=O) groups excluding carboxylic acids is 2. The van der Waals surface area contributed by atoms with Gasteiger partial charge in [0.25, 0.3) is 0 Å². The van der Waals surface area contributed by atoms with Crippen molar-refractivity contribution in [3.8, 4) is 0 Å². The molecule has 0 spiro atoms. The molecule has 0 aromatic heterocycles. The summed E-state index contributed by atoms with van der Waals surface area (Å²) in [5.41, 5.74) is 0. The van der Waals surface area contributed by atoms with Crippen LogP contribution < -0.4 is 0 Å². The van der Waals surface area contributed by atoms with Crippen LogP contribution in [0.25, 0.3) is 0 Å². The lowest BCUT2D eigenvalue weighted by atomic mass is 10.1. The van der Waals surface area contributed by atoms with Gasteiger partial charge in [0, 0.05) is 0 Å². The van der Waals surface area contributed by atoms with Crippen LogP contribution in [0.5, 0.6) is 0 Å². The smallest absolute Gasteiger partial charge is 0.320 e. The molecule has 76 valence electrons. The molecule has 0 bridgehead atoms. The second-order valence-corrected chi connectivity index (χ2v) is 3.45. The first-order chi connectivity index (χ1) is 6.04. The summed E-state index contributed by atoms with van der Waals surface area (Å²) in [5, 5.41) is 0. The Kier molecular flexibility index (Phi) is 5.70. The van der Waals surface area contributed by atoms with Crippen molar-refractivity contribution in [3.63, 3.8) is 0 Å². The zero-order chi connectivity index (χ0) is 10.4. The Balaban J connectivity index is 4.16. The third kappa shape index (κ3) is 3.76. The predicted molar refractivity (Wildman–Crippen MR) is 50.5 cm³/mol. The first-order valence-corrected chi connectivity index (χ1v) is 4.84. The van der Waals surface area contributed by atoms with Gasteiger partial charge in [-0.1, -0.05) is 22.9 Å². The lowest BCUT2D eigenvalue weighted by Gasteiger charge is -2.14. The normalized spacial score (nSPS) is 14.5. The molecular formula is C8H13BrO4. The molecule has 4 nitrogen and oxygen atoms in total. The number of hydrogen-bond donors (Lipinski definition) is 0. The molecule has 0 unspecified atom stereocenters. The fraction of sp³-hybridized carbons (Fsp3) is 0.750. The molecule has 0 rings (SSSR count). The molecule has 0 radical (unpaired) electrons. The van der Waals surface area contributed by atoms with E-state index >= 15 is 0 Å². The summed E-state index contributed by atoms with van der Waals surface area (Å²) in [6, 6.07) is 0. The van der Waals surface area contributed by atoms with E-state index in [1.54, 1.807) is 13.8 Å². The summed E-state index contributed by atoms with van der Waals surface area (Å²) in [7, 11) is 1.28. The van der Waals surface area contributed by atoms with Crippen molar-refractivity contribution in [1.82, 2.24) is 0 Å². The summed E-state index contributed by atoms with van der Waals surface area (Å²) < 4.78 is 9.21. The zero-order valence-electron chi connectivity index (χ0n) is 7.87. The maximum Gasteiger partial charge on any atom is 0.320 e. The lowest BCUT2D eigenvalue weighted by molar-refractivity contribution is -0.151. The largest absolute Gasteiger partial charge is 0.469 e. The lowest BCUT2D eigenvalue weighted by Crippen LogP contribution is -2.30. The molecule has 0 aliphatic heterocycles. The van der Waals surface area contributed by atoms with Crippen molar-refractivity contribution in [1.29, 1.82) is 0 Å². The average molecular weight is 253 g/mol. The number of esters is 2. The van der Waals surface area contributed by atoms with E-state index in [4.69, 9.17) is 4.74 Å². The number of hydrogen-bond acceptors (Lipinski definition) is 4. The molecule has 0 aromatic rings. The Bertz CT molecular complexity index is 193. The SMILES string of the molecule is CCOC(=O)[C@@H](Br)[C@@H](C)C(=O)OC.